The summed E-state index contributed by atoms with van der Waals surface area (Å²) < 4.78 is 26.4. The summed E-state index contributed by atoms with van der Waals surface area (Å²) in [6.07, 6.45) is 0.892. The predicted molar refractivity (Wildman–Crippen MR) is 124 cm³/mol. The Kier molecular flexibility index (Phi) is 8.43. The highest BCUT2D eigenvalue weighted by Gasteiger charge is 2.44. The molecule has 2 heterocycles. The zero-order chi connectivity index (χ0) is 24.0. The van der Waals surface area contributed by atoms with E-state index in [1.54, 1.807) is 28.3 Å². The van der Waals surface area contributed by atoms with Gasteiger partial charge in [-0.3, -0.25) is 4.90 Å². The third kappa shape index (κ3) is 5.52. The van der Waals surface area contributed by atoms with Gasteiger partial charge >= 0.3 is 12.1 Å². The first-order chi connectivity index (χ1) is 15.9. The maximum atomic E-state index is 12.2. The highest BCUT2D eigenvalue weighted by molar-refractivity contribution is 7.80. The van der Waals surface area contributed by atoms with Crippen LogP contribution in [0.2, 0.25) is 0 Å². The lowest BCUT2D eigenvalue weighted by Crippen LogP contribution is -2.53. The van der Waals surface area contributed by atoms with Gasteiger partial charge in [-0.1, -0.05) is 0 Å². The van der Waals surface area contributed by atoms with E-state index >= 15 is 0 Å². The Labute approximate surface area is 199 Å². The summed E-state index contributed by atoms with van der Waals surface area (Å²) >= 11 is 5.59. The number of benzene rings is 1. The minimum absolute atomic E-state index is 0.0344. The molecular formula is C22H31N3O7S. The molecule has 1 N–H and O–H groups in total. The van der Waals surface area contributed by atoms with Crippen molar-refractivity contribution in [3.63, 3.8) is 0 Å². The highest BCUT2D eigenvalue weighted by Crippen LogP contribution is 2.38. The van der Waals surface area contributed by atoms with E-state index in [0.29, 0.717) is 54.8 Å². The van der Waals surface area contributed by atoms with E-state index in [1.165, 1.54) is 4.90 Å². The summed E-state index contributed by atoms with van der Waals surface area (Å²) in [5.41, 5.74) is 0.929. The molecule has 0 spiro atoms. The van der Waals surface area contributed by atoms with Crippen LogP contribution in [0, 0.1) is 0 Å². The Morgan fingerprint density at radius 1 is 1.15 bits per heavy atom. The fourth-order valence-corrected chi connectivity index (χ4v) is 4.38. The first kappa shape index (κ1) is 24.7. The monoisotopic (exact) mass is 481 g/mol. The van der Waals surface area contributed by atoms with Gasteiger partial charge in [-0.2, -0.15) is 0 Å². The van der Waals surface area contributed by atoms with Gasteiger partial charge in [0.15, 0.2) is 22.7 Å². The number of thiocarbonyl (C=S) groups is 1. The van der Waals surface area contributed by atoms with Crippen LogP contribution in [0.4, 0.5) is 4.79 Å². The Bertz CT molecular complexity index is 849. The standard InChI is InChI=1S/C22H31N3O7S/c1-5-31-20(26)16-13-32-22(27)25(16)15-6-8-24(9-7-15)21(33)23-12-14-10-17(28-2)19(30-4)18(11-14)29-3/h10-11,15-16H,5-9,12-13H2,1-4H3,(H,23,33). The highest BCUT2D eigenvalue weighted by atomic mass is 32.1. The van der Waals surface area contributed by atoms with Crippen molar-refractivity contribution in [3.8, 4) is 17.2 Å². The molecule has 1 aromatic carbocycles. The summed E-state index contributed by atoms with van der Waals surface area (Å²) in [6, 6.07) is 2.97. The van der Waals surface area contributed by atoms with Crippen LogP contribution < -0.4 is 19.5 Å². The molecule has 2 aliphatic heterocycles. The first-order valence-electron chi connectivity index (χ1n) is 10.9. The van der Waals surface area contributed by atoms with Crippen molar-refractivity contribution in [2.24, 2.45) is 0 Å². The second-order valence-corrected chi connectivity index (χ2v) is 8.05. The lowest BCUT2D eigenvalue weighted by molar-refractivity contribution is -0.148. The second-order valence-electron chi connectivity index (χ2n) is 7.66. The van der Waals surface area contributed by atoms with Crippen molar-refractivity contribution in [1.82, 2.24) is 15.1 Å². The number of nitrogens with zero attached hydrogens (tertiary/aromatic N) is 2. The maximum absolute atomic E-state index is 12.2. The number of likely N-dealkylation sites (tertiary alicyclic amines) is 1. The normalized spacial score (nSPS) is 18.5. The number of hydrogen-bond acceptors (Lipinski definition) is 8. The second kappa shape index (κ2) is 11.3. The fourth-order valence-electron chi connectivity index (χ4n) is 4.13. The van der Waals surface area contributed by atoms with Crippen LogP contribution in [0.15, 0.2) is 12.1 Å². The van der Waals surface area contributed by atoms with E-state index in [4.69, 9.17) is 35.9 Å². The van der Waals surface area contributed by atoms with Crippen LogP contribution in [0.5, 0.6) is 17.2 Å². The van der Waals surface area contributed by atoms with Crippen LogP contribution in [-0.2, 0) is 20.8 Å². The number of hydrogen-bond donors (Lipinski definition) is 1. The SMILES string of the molecule is CCOC(=O)C1COC(=O)N1C1CCN(C(=S)NCc2cc(OC)c(OC)c(OC)c2)CC1. The molecule has 0 aliphatic carbocycles. The molecule has 33 heavy (non-hydrogen) atoms. The third-order valence-corrected chi connectivity index (χ3v) is 6.19. The van der Waals surface area contributed by atoms with E-state index < -0.39 is 18.1 Å². The van der Waals surface area contributed by atoms with Gasteiger partial charge in [-0.25, -0.2) is 9.59 Å². The largest absolute Gasteiger partial charge is 0.493 e. The molecule has 2 fully saturated rings. The van der Waals surface area contributed by atoms with E-state index in [0.717, 1.165) is 5.56 Å². The van der Waals surface area contributed by atoms with Crippen LogP contribution in [0.25, 0.3) is 0 Å². The van der Waals surface area contributed by atoms with Gasteiger partial charge in [-0.15, -0.1) is 0 Å². The fraction of sp³-hybridized carbons (Fsp3) is 0.591. The summed E-state index contributed by atoms with van der Waals surface area (Å²) in [6.45, 7) is 3.84. The average Bonchev–Trinajstić information content (AvgIpc) is 3.23. The Morgan fingerprint density at radius 2 is 1.79 bits per heavy atom. The Hall–Kier alpha value is -2.95. The topological polar surface area (TPSA) is 98.8 Å². The average molecular weight is 482 g/mol. The van der Waals surface area contributed by atoms with Crippen LogP contribution >= 0.6 is 12.2 Å². The zero-order valence-corrected chi connectivity index (χ0v) is 20.2. The van der Waals surface area contributed by atoms with Gasteiger partial charge < -0.3 is 33.9 Å². The van der Waals surface area contributed by atoms with Crippen LogP contribution in [-0.4, -0.2) is 86.7 Å². The molecule has 1 atom stereocenters. The smallest absolute Gasteiger partial charge is 0.410 e. The summed E-state index contributed by atoms with van der Waals surface area (Å²) in [7, 11) is 4.71. The third-order valence-electron chi connectivity index (χ3n) is 5.78. The van der Waals surface area contributed by atoms with Crippen molar-refractivity contribution >= 4 is 29.4 Å². The van der Waals surface area contributed by atoms with E-state index in [9.17, 15) is 9.59 Å². The van der Waals surface area contributed by atoms with E-state index in [-0.39, 0.29) is 19.3 Å². The first-order valence-corrected chi connectivity index (χ1v) is 11.3. The lowest BCUT2D eigenvalue weighted by atomic mass is 10.0. The number of amides is 1. The molecule has 182 valence electrons. The number of nitrogens with one attached hydrogen (secondary N) is 1. The maximum Gasteiger partial charge on any atom is 0.410 e. The number of cyclic esters (lactones) is 1. The van der Waals surface area contributed by atoms with Crippen molar-refractivity contribution in [2.45, 2.75) is 38.4 Å². The number of piperidine rings is 1. The van der Waals surface area contributed by atoms with Crippen molar-refractivity contribution in [3.05, 3.63) is 17.7 Å². The van der Waals surface area contributed by atoms with Gasteiger partial charge in [-0.05, 0) is 49.7 Å². The molecule has 1 amide bonds. The van der Waals surface area contributed by atoms with Gasteiger partial charge in [0, 0.05) is 25.7 Å². The molecular weight excluding hydrogens is 450 g/mol. The molecule has 1 unspecified atom stereocenters. The number of carbonyl (C=O) groups excluding carboxylic acids is 2. The predicted octanol–water partition coefficient (Wildman–Crippen LogP) is 1.94. The summed E-state index contributed by atoms with van der Waals surface area (Å²) in [4.78, 5) is 28.0. The van der Waals surface area contributed by atoms with Gasteiger partial charge in [0.25, 0.3) is 0 Å². The molecule has 1 aromatic rings. The zero-order valence-electron chi connectivity index (χ0n) is 19.4. The molecule has 0 saturated carbocycles. The van der Waals surface area contributed by atoms with Crippen LogP contribution in [0.1, 0.15) is 25.3 Å². The van der Waals surface area contributed by atoms with Gasteiger partial charge in [0.2, 0.25) is 5.75 Å². The molecule has 11 heteroatoms. The quantitative estimate of drug-likeness (QED) is 0.438. The number of ether oxygens (including phenoxy) is 5. The molecule has 0 aromatic heterocycles. The van der Waals surface area contributed by atoms with Crippen molar-refractivity contribution < 1.29 is 33.3 Å². The number of esters is 1. The molecule has 10 nitrogen and oxygen atoms in total. The molecule has 0 radical (unpaired) electrons. The number of carbonyl (C=O) groups is 2. The Balaban J connectivity index is 1.56. The molecule has 2 aliphatic rings. The van der Waals surface area contributed by atoms with Gasteiger partial charge in [0.1, 0.15) is 6.61 Å². The van der Waals surface area contributed by atoms with E-state index in [1.807, 2.05) is 12.1 Å². The molecule has 0 bridgehead atoms. The molecule has 2 saturated heterocycles. The lowest BCUT2D eigenvalue weighted by Gasteiger charge is -2.38. The Morgan fingerprint density at radius 3 is 2.33 bits per heavy atom. The number of methoxy groups -OCH3 is 3. The van der Waals surface area contributed by atoms with E-state index in [2.05, 4.69) is 10.2 Å². The van der Waals surface area contributed by atoms with Crippen molar-refractivity contribution in [2.75, 3.05) is 47.6 Å². The van der Waals surface area contributed by atoms with Crippen molar-refractivity contribution in [1.29, 1.82) is 0 Å². The minimum Gasteiger partial charge on any atom is -0.493 e. The minimum atomic E-state index is -0.681. The number of rotatable bonds is 8. The summed E-state index contributed by atoms with van der Waals surface area (Å²) in [5.74, 6) is 1.27. The molecule has 3 rings (SSSR count). The van der Waals surface area contributed by atoms with Gasteiger partial charge in [0.05, 0.1) is 27.9 Å². The van der Waals surface area contributed by atoms with Crippen LogP contribution in [0.3, 0.4) is 0 Å². The summed E-state index contributed by atoms with van der Waals surface area (Å²) in [5, 5.41) is 3.89.